The van der Waals surface area contributed by atoms with E-state index in [9.17, 15) is 22.8 Å². The monoisotopic (exact) mass is 448 g/mol. The van der Waals surface area contributed by atoms with Crippen molar-refractivity contribution in [3.05, 3.63) is 39.4 Å². The predicted molar refractivity (Wildman–Crippen MR) is 102 cm³/mol. The number of rotatable bonds is 4. The van der Waals surface area contributed by atoms with Gasteiger partial charge in [0, 0.05) is 24.4 Å². The number of anilines is 2. The van der Waals surface area contributed by atoms with E-state index >= 15 is 0 Å². The fourth-order valence-electron chi connectivity index (χ4n) is 2.77. The van der Waals surface area contributed by atoms with Crippen LogP contribution in [-0.4, -0.2) is 42.1 Å². The molecule has 2 aromatic rings. The Morgan fingerprint density at radius 2 is 2.10 bits per heavy atom. The quantitative estimate of drug-likeness (QED) is 0.739. The van der Waals surface area contributed by atoms with E-state index in [-0.39, 0.29) is 17.3 Å². The second-order valence-electron chi connectivity index (χ2n) is 6.21. The average Bonchev–Trinajstić information content (AvgIpc) is 3.03. The second kappa shape index (κ2) is 8.56. The summed E-state index contributed by atoms with van der Waals surface area (Å²) in [5.41, 5.74) is -0.152. The number of methoxy groups -OCH3 is 1. The molecule has 2 N–H and O–H groups in total. The Kier molecular flexibility index (Phi) is 6.30. The number of benzene rings is 1. The molecule has 2 amide bonds. The van der Waals surface area contributed by atoms with Crippen LogP contribution in [0.3, 0.4) is 0 Å². The number of fused-ring (bicyclic) bond motifs is 1. The number of alkyl halides is 3. The molecule has 0 atom stereocenters. The molecule has 0 saturated heterocycles. The van der Waals surface area contributed by atoms with E-state index in [0.29, 0.717) is 24.6 Å². The van der Waals surface area contributed by atoms with Crippen molar-refractivity contribution in [2.24, 2.45) is 0 Å². The van der Waals surface area contributed by atoms with Crippen LogP contribution in [-0.2, 0) is 28.7 Å². The maximum atomic E-state index is 12.9. The largest absolute Gasteiger partial charge is 0.453 e. The Hall–Kier alpha value is -2.37. The van der Waals surface area contributed by atoms with Crippen molar-refractivity contribution in [1.82, 2.24) is 9.88 Å². The van der Waals surface area contributed by atoms with E-state index in [1.54, 1.807) is 0 Å². The molecule has 0 spiro atoms. The van der Waals surface area contributed by atoms with E-state index in [0.717, 1.165) is 28.8 Å². The molecule has 0 aliphatic carbocycles. The van der Waals surface area contributed by atoms with Crippen molar-refractivity contribution >= 4 is 45.8 Å². The first-order chi connectivity index (χ1) is 13.7. The van der Waals surface area contributed by atoms with Gasteiger partial charge in [0.15, 0.2) is 5.13 Å². The van der Waals surface area contributed by atoms with Crippen molar-refractivity contribution in [1.29, 1.82) is 0 Å². The molecule has 2 heterocycles. The minimum atomic E-state index is -4.53. The van der Waals surface area contributed by atoms with Gasteiger partial charge in [-0.2, -0.15) is 13.2 Å². The van der Waals surface area contributed by atoms with Crippen molar-refractivity contribution in [2.45, 2.75) is 19.1 Å². The summed E-state index contributed by atoms with van der Waals surface area (Å²) in [7, 11) is 1.25. The van der Waals surface area contributed by atoms with Gasteiger partial charge in [-0.15, -0.1) is 0 Å². The smallest absolute Gasteiger partial charge is 0.416 e. The lowest BCUT2D eigenvalue weighted by molar-refractivity contribution is -0.137. The summed E-state index contributed by atoms with van der Waals surface area (Å²) in [4.78, 5) is 30.6. The van der Waals surface area contributed by atoms with Gasteiger partial charge in [-0.05, 0) is 18.2 Å². The number of nitrogens with zero attached hydrogens (tertiary/aromatic N) is 2. The molecule has 1 aromatic heterocycles. The van der Waals surface area contributed by atoms with Crippen LogP contribution in [0.5, 0.6) is 0 Å². The SMILES string of the molecule is COC(=O)Nc1nc2c(s1)CN(CC(=O)Nc1cc(C(F)(F)F)ccc1Cl)CC2. The number of aromatic nitrogens is 1. The van der Waals surface area contributed by atoms with Crippen LogP contribution in [0.4, 0.5) is 28.8 Å². The first-order valence-electron chi connectivity index (χ1n) is 8.38. The van der Waals surface area contributed by atoms with E-state index < -0.39 is 23.7 Å². The fraction of sp³-hybridized carbons (Fsp3) is 0.353. The van der Waals surface area contributed by atoms with Crippen molar-refractivity contribution in [3.63, 3.8) is 0 Å². The van der Waals surface area contributed by atoms with Gasteiger partial charge < -0.3 is 10.1 Å². The normalized spacial score (nSPS) is 14.2. The number of carbonyl (C=O) groups is 2. The van der Waals surface area contributed by atoms with Crippen LogP contribution in [0.1, 0.15) is 16.1 Å². The zero-order valence-corrected chi connectivity index (χ0v) is 16.7. The molecule has 156 valence electrons. The standard InChI is InChI=1S/C17H16ClF3N4O3S/c1-28-16(27)24-15-23-11-4-5-25(7-13(11)29-15)8-14(26)22-12-6-9(17(19,20)21)2-3-10(12)18/h2-3,6H,4-5,7-8H2,1H3,(H,22,26)(H,23,24,27). The maximum Gasteiger partial charge on any atom is 0.416 e. The van der Waals surface area contributed by atoms with Gasteiger partial charge in [0.05, 0.1) is 35.6 Å². The Bertz CT molecular complexity index is 935. The minimum Gasteiger partial charge on any atom is -0.453 e. The minimum absolute atomic E-state index is 0.0215. The molecular weight excluding hydrogens is 433 g/mol. The molecule has 1 aliphatic rings. The summed E-state index contributed by atoms with van der Waals surface area (Å²) in [5.74, 6) is -0.480. The molecule has 0 bridgehead atoms. The van der Waals surface area contributed by atoms with Crippen LogP contribution in [0.25, 0.3) is 0 Å². The fourth-order valence-corrected chi connectivity index (χ4v) is 3.97. The Morgan fingerprint density at radius 1 is 1.34 bits per heavy atom. The zero-order valence-electron chi connectivity index (χ0n) is 15.1. The number of halogens is 4. The number of thiazole rings is 1. The van der Waals surface area contributed by atoms with Crippen LogP contribution in [0.15, 0.2) is 18.2 Å². The highest BCUT2D eigenvalue weighted by Crippen LogP contribution is 2.34. The lowest BCUT2D eigenvalue weighted by Crippen LogP contribution is -2.36. The van der Waals surface area contributed by atoms with Crippen LogP contribution >= 0.6 is 22.9 Å². The Balaban J connectivity index is 1.62. The number of hydrogen-bond donors (Lipinski definition) is 2. The van der Waals surface area contributed by atoms with Gasteiger partial charge in [-0.3, -0.25) is 15.0 Å². The summed E-state index contributed by atoms with van der Waals surface area (Å²) in [6.45, 7) is 0.946. The third-order valence-electron chi connectivity index (χ3n) is 4.14. The molecule has 7 nitrogen and oxygen atoms in total. The highest BCUT2D eigenvalue weighted by Gasteiger charge is 2.31. The number of carbonyl (C=O) groups excluding carboxylic acids is 2. The van der Waals surface area contributed by atoms with Crippen LogP contribution < -0.4 is 10.6 Å². The van der Waals surface area contributed by atoms with Gasteiger partial charge in [0.25, 0.3) is 0 Å². The van der Waals surface area contributed by atoms with Crippen molar-refractivity contribution < 1.29 is 27.5 Å². The van der Waals surface area contributed by atoms with E-state index in [2.05, 4.69) is 20.4 Å². The second-order valence-corrected chi connectivity index (χ2v) is 7.70. The molecular formula is C17H16ClF3N4O3S. The predicted octanol–water partition coefficient (Wildman–Crippen LogP) is 3.99. The first-order valence-corrected chi connectivity index (χ1v) is 9.57. The highest BCUT2D eigenvalue weighted by atomic mass is 35.5. The summed E-state index contributed by atoms with van der Waals surface area (Å²) in [5, 5.41) is 5.37. The van der Waals surface area contributed by atoms with Gasteiger partial charge in [0.1, 0.15) is 0 Å². The highest BCUT2D eigenvalue weighted by molar-refractivity contribution is 7.15. The van der Waals surface area contributed by atoms with Gasteiger partial charge in [-0.1, -0.05) is 22.9 Å². The summed E-state index contributed by atoms with van der Waals surface area (Å²) >= 11 is 7.19. The van der Waals surface area contributed by atoms with Crippen molar-refractivity contribution in [2.75, 3.05) is 30.8 Å². The van der Waals surface area contributed by atoms with Crippen LogP contribution in [0.2, 0.25) is 5.02 Å². The number of amides is 2. The number of nitrogens with one attached hydrogen (secondary N) is 2. The summed E-state index contributed by atoms with van der Waals surface area (Å²) in [6.07, 6.45) is -4.58. The molecule has 0 radical (unpaired) electrons. The zero-order chi connectivity index (χ0) is 21.2. The topological polar surface area (TPSA) is 83.6 Å². The number of hydrogen-bond acceptors (Lipinski definition) is 6. The Morgan fingerprint density at radius 3 is 2.79 bits per heavy atom. The lowest BCUT2D eigenvalue weighted by atomic mass is 10.1. The lowest BCUT2D eigenvalue weighted by Gasteiger charge is -2.25. The molecule has 0 unspecified atom stereocenters. The third kappa shape index (κ3) is 5.37. The van der Waals surface area contributed by atoms with Crippen molar-refractivity contribution in [3.8, 4) is 0 Å². The molecule has 3 rings (SSSR count). The average molecular weight is 449 g/mol. The third-order valence-corrected chi connectivity index (χ3v) is 5.47. The van der Waals surface area contributed by atoms with Gasteiger partial charge >= 0.3 is 12.3 Å². The molecule has 0 fully saturated rings. The van der Waals surface area contributed by atoms with Gasteiger partial charge in [-0.25, -0.2) is 9.78 Å². The van der Waals surface area contributed by atoms with E-state index in [1.807, 2.05) is 4.90 Å². The summed E-state index contributed by atoms with van der Waals surface area (Å²) < 4.78 is 43.1. The molecule has 1 aliphatic heterocycles. The Labute approximate surface area is 172 Å². The molecule has 1 aromatic carbocycles. The molecule has 29 heavy (non-hydrogen) atoms. The van der Waals surface area contributed by atoms with E-state index in [4.69, 9.17) is 11.6 Å². The first kappa shape index (κ1) is 21.3. The number of ether oxygens (including phenoxy) is 1. The molecule has 12 heteroatoms. The maximum absolute atomic E-state index is 12.9. The van der Waals surface area contributed by atoms with Crippen LogP contribution in [0, 0.1) is 0 Å². The molecule has 0 saturated carbocycles. The van der Waals surface area contributed by atoms with Gasteiger partial charge in [0.2, 0.25) is 5.91 Å². The van der Waals surface area contributed by atoms with E-state index in [1.165, 1.54) is 18.4 Å². The summed E-state index contributed by atoms with van der Waals surface area (Å²) in [6, 6.07) is 2.76.